The van der Waals surface area contributed by atoms with Crippen LogP contribution in [0.5, 0.6) is 0 Å². The summed E-state index contributed by atoms with van der Waals surface area (Å²) in [6, 6.07) is 8.68. The number of amides is 1. The molecule has 5 rings (SSSR count). The summed E-state index contributed by atoms with van der Waals surface area (Å²) in [5.41, 5.74) is 5.85. The van der Waals surface area contributed by atoms with Gasteiger partial charge in [-0.3, -0.25) is 9.78 Å². The highest BCUT2D eigenvalue weighted by atomic mass is 32.2. The molecule has 41 heavy (non-hydrogen) atoms. The van der Waals surface area contributed by atoms with E-state index in [1.807, 2.05) is 11.8 Å². The summed E-state index contributed by atoms with van der Waals surface area (Å²) in [4.78, 5) is 42.5. The largest absolute Gasteiger partial charge is 0.397 e. The number of halogens is 1. The maximum atomic E-state index is 15.8. The average molecular weight is 578 g/mol. The third-order valence-electron chi connectivity index (χ3n) is 7.07. The Morgan fingerprint density at radius 1 is 1.17 bits per heavy atom. The zero-order chi connectivity index (χ0) is 29.6. The number of nitrogen functional groups attached to an aromatic ring is 1. The highest BCUT2D eigenvalue weighted by Gasteiger charge is 2.31. The number of carbonyl (C=O) groups excluding carboxylic acids is 1. The minimum Gasteiger partial charge on any atom is -0.397 e. The molecule has 0 radical (unpaired) electrons. The van der Waals surface area contributed by atoms with Gasteiger partial charge in [0.2, 0.25) is 5.91 Å². The van der Waals surface area contributed by atoms with Gasteiger partial charge in [-0.15, -0.1) is 0 Å². The fourth-order valence-corrected chi connectivity index (χ4v) is 6.06. The van der Waals surface area contributed by atoms with Crippen molar-refractivity contribution in [3.8, 4) is 17.1 Å². The van der Waals surface area contributed by atoms with Crippen LogP contribution in [0, 0.1) is 12.7 Å². The summed E-state index contributed by atoms with van der Waals surface area (Å²) in [5, 5.41) is 0.179. The number of para-hydroxylation sites is 1. The molecule has 1 saturated heterocycles. The molecule has 1 aromatic carbocycles. The SMILES string of the molecule is C=CC(=O)N1CCN(c2nc(=O)n(-c3c(C)cccc3S(C)(=O)=O)c3nc(-c4ncccc4N)c(F)cc23)[C@@H](C)C1. The molecule has 4 aromatic rings. The summed E-state index contributed by atoms with van der Waals surface area (Å²) in [6.07, 6.45) is 3.72. The summed E-state index contributed by atoms with van der Waals surface area (Å²) in [6.45, 7) is 8.02. The molecule has 212 valence electrons. The van der Waals surface area contributed by atoms with Crippen LogP contribution in [0.2, 0.25) is 0 Å². The van der Waals surface area contributed by atoms with Crippen molar-refractivity contribution >= 4 is 38.3 Å². The van der Waals surface area contributed by atoms with Gasteiger partial charge in [0.15, 0.2) is 21.3 Å². The molecule has 1 amide bonds. The molecule has 0 spiro atoms. The van der Waals surface area contributed by atoms with E-state index in [9.17, 15) is 18.0 Å². The molecule has 13 heteroatoms. The number of benzene rings is 1. The molecule has 0 aliphatic carbocycles. The van der Waals surface area contributed by atoms with Gasteiger partial charge in [0.05, 0.1) is 21.7 Å². The van der Waals surface area contributed by atoms with Crippen molar-refractivity contribution in [2.75, 3.05) is 36.5 Å². The van der Waals surface area contributed by atoms with Crippen LogP contribution >= 0.6 is 0 Å². The number of piperazine rings is 1. The lowest BCUT2D eigenvalue weighted by atomic mass is 10.1. The van der Waals surface area contributed by atoms with Gasteiger partial charge < -0.3 is 15.5 Å². The van der Waals surface area contributed by atoms with Gasteiger partial charge >= 0.3 is 5.69 Å². The molecule has 2 N–H and O–H groups in total. The van der Waals surface area contributed by atoms with Crippen LogP contribution in [-0.2, 0) is 14.6 Å². The van der Waals surface area contributed by atoms with Gasteiger partial charge in [-0.25, -0.2) is 27.2 Å². The monoisotopic (exact) mass is 577 g/mol. The first-order valence-electron chi connectivity index (χ1n) is 12.7. The number of hydrogen-bond acceptors (Lipinski definition) is 9. The average Bonchev–Trinajstić information content (AvgIpc) is 2.92. The Bertz CT molecular complexity index is 1890. The highest BCUT2D eigenvalue weighted by Crippen LogP contribution is 2.34. The van der Waals surface area contributed by atoms with E-state index in [0.29, 0.717) is 25.2 Å². The van der Waals surface area contributed by atoms with E-state index in [1.54, 1.807) is 36.1 Å². The van der Waals surface area contributed by atoms with Crippen molar-refractivity contribution in [3.05, 3.63) is 77.1 Å². The molecule has 1 aliphatic heterocycles. The predicted octanol–water partition coefficient (Wildman–Crippen LogP) is 2.50. The van der Waals surface area contributed by atoms with Gasteiger partial charge in [-0.2, -0.15) is 4.98 Å². The van der Waals surface area contributed by atoms with Crippen molar-refractivity contribution in [1.82, 2.24) is 24.4 Å². The molecule has 1 fully saturated rings. The van der Waals surface area contributed by atoms with Crippen LogP contribution < -0.4 is 16.3 Å². The van der Waals surface area contributed by atoms with Crippen molar-refractivity contribution in [2.24, 2.45) is 0 Å². The molecule has 4 heterocycles. The van der Waals surface area contributed by atoms with Gasteiger partial charge in [0.1, 0.15) is 17.2 Å². The summed E-state index contributed by atoms with van der Waals surface area (Å²) >= 11 is 0. The molecular weight excluding hydrogens is 549 g/mol. The molecule has 0 bridgehead atoms. The van der Waals surface area contributed by atoms with E-state index in [4.69, 9.17) is 5.73 Å². The zero-order valence-corrected chi connectivity index (χ0v) is 23.5. The molecule has 0 unspecified atom stereocenters. The van der Waals surface area contributed by atoms with Crippen LogP contribution in [0.1, 0.15) is 12.5 Å². The summed E-state index contributed by atoms with van der Waals surface area (Å²) < 4.78 is 42.4. The van der Waals surface area contributed by atoms with Gasteiger partial charge in [0, 0.05) is 38.1 Å². The number of fused-ring (bicyclic) bond motifs is 1. The second kappa shape index (κ2) is 10.4. The van der Waals surface area contributed by atoms with Crippen molar-refractivity contribution in [1.29, 1.82) is 0 Å². The van der Waals surface area contributed by atoms with E-state index in [-0.39, 0.29) is 56.5 Å². The third-order valence-corrected chi connectivity index (χ3v) is 8.20. The van der Waals surface area contributed by atoms with Crippen molar-refractivity contribution in [3.63, 3.8) is 0 Å². The first-order valence-corrected chi connectivity index (χ1v) is 14.6. The maximum Gasteiger partial charge on any atom is 0.355 e. The molecule has 1 aliphatic rings. The molecule has 11 nitrogen and oxygen atoms in total. The number of hydrogen-bond donors (Lipinski definition) is 1. The number of aryl methyl sites for hydroxylation is 1. The first kappa shape index (κ1) is 27.9. The third kappa shape index (κ3) is 4.92. The fourth-order valence-electron chi connectivity index (χ4n) is 5.13. The van der Waals surface area contributed by atoms with E-state index < -0.39 is 21.3 Å². The Morgan fingerprint density at radius 2 is 1.93 bits per heavy atom. The van der Waals surface area contributed by atoms with Crippen LogP contribution in [0.15, 0.2) is 64.9 Å². The number of rotatable bonds is 5. The highest BCUT2D eigenvalue weighted by molar-refractivity contribution is 7.90. The Kier molecular flexibility index (Phi) is 7.07. The molecule has 3 aromatic heterocycles. The quantitative estimate of drug-likeness (QED) is 0.354. The number of anilines is 2. The predicted molar refractivity (Wildman–Crippen MR) is 154 cm³/mol. The fraction of sp³-hybridized carbons (Fsp3) is 0.250. The lowest BCUT2D eigenvalue weighted by Gasteiger charge is -2.40. The number of nitrogens with zero attached hydrogens (tertiary/aromatic N) is 6. The Morgan fingerprint density at radius 3 is 2.59 bits per heavy atom. The number of sulfone groups is 1. The van der Waals surface area contributed by atoms with Crippen LogP contribution in [-0.4, -0.2) is 70.7 Å². The van der Waals surface area contributed by atoms with Crippen LogP contribution in [0.4, 0.5) is 15.9 Å². The van der Waals surface area contributed by atoms with E-state index in [2.05, 4.69) is 21.5 Å². The standard InChI is InChI=1S/C28H28FN7O4S/c1-5-22(37)34-12-13-35(17(3)15-34)26-18-14-19(29)23(24-20(30)9-7-11-31-24)32-27(18)36(28(38)33-26)25-16(2)8-6-10-21(25)41(4,39)40/h5-11,14,17H,1,12-13,15,30H2,2-4H3/t17-/m0/s1. The molecular formula is C28H28FN7O4S. The van der Waals surface area contributed by atoms with E-state index >= 15 is 4.39 Å². The lowest BCUT2D eigenvalue weighted by Crippen LogP contribution is -2.54. The van der Waals surface area contributed by atoms with Crippen LogP contribution in [0.25, 0.3) is 28.1 Å². The van der Waals surface area contributed by atoms with Crippen molar-refractivity contribution in [2.45, 2.75) is 24.8 Å². The second-order valence-electron chi connectivity index (χ2n) is 9.91. The number of pyridine rings is 2. The Labute approximate surface area is 235 Å². The second-order valence-corrected chi connectivity index (χ2v) is 11.9. The summed E-state index contributed by atoms with van der Waals surface area (Å²) in [7, 11) is -3.80. The zero-order valence-electron chi connectivity index (χ0n) is 22.7. The van der Waals surface area contributed by atoms with Gasteiger partial charge in [-0.1, -0.05) is 18.7 Å². The van der Waals surface area contributed by atoms with Crippen LogP contribution in [0.3, 0.4) is 0 Å². The number of carbonyl (C=O) groups is 1. The molecule has 1 atom stereocenters. The van der Waals surface area contributed by atoms with Crippen molar-refractivity contribution < 1.29 is 17.6 Å². The topological polar surface area (TPSA) is 144 Å². The van der Waals surface area contributed by atoms with E-state index in [1.165, 1.54) is 24.4 Å². The molecule has 0 saturated carbocycles. The normalized spacial score (nSPS) is 15.8. The Balaban J connectivity index is 1.84. The smallest absolute Gasteiger partial charge is 0.355 e. The minimum atomic E-state index is -3.80. The van der Waals surface area contributed by atoms with E-state index in [0.717, 1.165) is 10.8 Å². The Hall–Kier alpha value is -4.65. The number of nitrogens with two attached hydrogens (primary N) is 1. The first-order chi connectivity index (χ1) is 19.4. The maximum absolute atomic E-state index is 15.8. The van der Waals surface area contributed by atoms with Gasteiger partial charge in [-0.05, 0) is 49.8 Å². The lowest BCUT2D eigenvalue weighted by molar-refractivity contribution is -0.126. The number of aromatic nitrogens is 4. The minimum absolute atomic E-state index is 0.0162. The summed E-state index contributed by atoms with van der Waals surface area (Å²) in [5.74, 6) is -0.804. The van der Waals surface area contributed by atoms with Gasteiger partial charge in [0.25, 0.3) is 0 Å².